The normalized spacial score (nSPS) is 19.4. The number of aryl methyl sites for hydroxylation is 1. The van der Waals surface area contributed by atoms with E-state index in [9.17, 15) is 8.42 Å². The third kappa shape index (κ3) is 3.52. The second-order valence-electron chi connectivity index (χ2n) is 5.37. The van der Waals surface area contributed by atoms with Crippen LogP contribution < -0.4 is 5.73 Å². The molecule has 1 aromatic rings. The fourth-order valence-electron chi connectivity index (χ4n) is 2.63. The predicted octanol–water partition coefficient (Wildman–Crippen LogP) is 2.16. The van der Waals surface area contributed by atoms with Crippen LogP contribution in [-0.4, -0.2) is 31.9 Å². The van der Waals surface area contributed by atoms with Gasteiger partial charge in [-0.15, -0.1) is 12.4 Å². The highest BCUT2D eigenvalue weighted by Crippen LogP contribution is 2.26. The first kappa shape index (κ1) is 17.4. The Morgan fingerprint density at radius 1 is 1.25 bits per heavy atom. The molecule has 1 unspecified atom stereocenters. The van der Waals surface area contributed by atoms with Crippen molar-refractivity contribution in [2.24, 2.45) is 11.7 Å². The molecular weight excluding hydrogens is 296 g/mol. The van der Waals surface area contributed by atoms with Crippen molar-refractivity contribution < 1.29 is 8.42 Å². The molecule has 0 aromatic heterocycles. The molecule has 0 saturated carbocycles. The van der Waals surface area contributed by atoms with Crippen molar-refractivity contribution in [3.8, 4) is 0 Å². The fraction of sp³-hybridized carbons (Fsp3) is 0.571. The van der Waals surface area contributed by atoms with Gasteiger partial charge in [0.2, 0.25) is 10.0 Å². The Bertz CT molecular complexity index is 538. The third-order valence-corrected chi connectivity index (χ3v) is 6.01. The van der Waals surface area contributed by atoms with E-state index >= 15 is 0 Å². The maximum Gasteiger partial charge on any atom is 0.243 e. The van der Waals surface area contributed by atoms with Gasteiger partial charge in [0.05, 0.1) is 4.90 Å². The van der Waals surface area contributed by atoms with E-state index in [-0.39, 0.29) is 18.4 Å². The number of benzene rings is 1. The summed E-state index contributed by atoms with van der Waals surface area (Å²) in [5, 5.41) is 0. The highest BCUT2D eigenvalue weighted by molar-refractivity contribution is 7.89. The van der Waals surface area contributed by atoms with Crippen LogP contribution in [0.25, 0.3) is 0 Å². The van der Waals surface area contributed by atoms with Crippen LogP contribution >= 0.6 is 12.4 Å². The molecule has 1 saturated heterocycles. The molecule has 20 heavy (non-hydrogen) atoms. The molecule has 1 aromatic carbocycles. The van der Waals surface area contributed by atoms with E-state index in [0.717, 1.165) is 18.4 Å². The van der Waals surface area contributed by atoms with Crippen molar-refractivity contribution in [1.82, 2.24) is 4.31 Å². The minimum Gasteiger partial charge on any atom is -0.328 e. The summed E-state index contributed by atoms with van der Waals surface area (Å²) in [6.45, 7) is 4.98. The molecular formula is C14H23ClN2O2S. The molecule has 0 spiro atoms. The van der Waals surface area contributed by atoms with E-state index in [1.807, 2.05) is 26.0 Å². The minimum absolute atomic E-state index is 0. The summed E-state index contributed by atoms with van der Waals surface area (Å²) in [5.41, 5.74) is 6.69. The summed E-state index contributed by atoms with van der Waals surface area (Å²) in [6, 6.07) is 7.29. The molecule has 0 aliphatic carbocycles. The lowest BCUT2D eigenvalue weighted by molar-refractivity contribution is 0.250. The number of piperidine rings is 1. The van der Waals surface area contributed by atoms with Gasteiger partial charge in [-0.25, -0.2) is 8.42 Å². The number of nitrogens with zero attached hydrogens (tertiary/aromatic N) is 1. The first-order valence-electron chi connectivity index (χ1n) is 6.74. The molecule has 0 radical (unpaired) electrons. The van der Waals surface area contributed by atoms with Crippen LogP contribution in [0.4, 0.5) is 0 Å². The Kier molecular flexibility index (Phi) is 6.01. The summed E-state index contributed by atoms with van der Waals surface area (Å²) in [4.78, 5) is 0.425. The zero-order valence-corrected chi connectivity index (χ0v) is 13.6. The zero-order valence-electron chi connectivity index (χ0n) is 12.0. The van der Waals surface area contributed by atoms with Crippen molar-refractivity contribution in [1.29, 1.82) is 0 Å². The van der Waals surface area contributed by atoms with E-state index in [0.29, 0.717) is 23.9 Å². The lowest BCUT2D eigenvalue weighted by atomic mass is 9.92. The second kappa shape index (κ2) is 6.89. The molecule has 1 heterocycles. The van der Waals surface area contributed by atoms with Crippen LogP contribution in [-0.2, 0) is 10.0 Å². The van der Waals surface area contributed by atoms with Crippen molar-refractivity contribution in [2.45, 2.75) is 37.6 Å². The van der Waals surface area contributed by atoms with E-state index in [4.69, 9.17) is 5.73 Å². The molecule has 114 valence electrons. The Balaban J connectivity index is 0.00000200. The Morgan fingerprint density at radius 3 is 2.30 bits per heavy atom. The van der Waals surface area contributed by atoms with Gasteiger partial charge in [0, 0.05) is 19.1 Å². The van der Waals surface area contributed by atoms with Crippen LogP contribution in [0, 0.1) is 12.8 Å². The van der Waals surface area contributed by atoms with Crippen molar-refractivity contribution >= 4 is 22.4 Å². The maximum absolute atomic E-state index is 12.6. The molecule has 1 fully saturated rings. The third-order valence-electron chi connectivity index (χ3n) is 3.95. The Labute approximate surface area is 127 Å². The van der Waals surface area contributed by atoms with Crippen molar-refractivity contribution in [2.75, 3.05) is 13.1 Å². The number of nitrogens with two attached hydrogens (primary N) is 1. The molecule has 6 heteroatoms. The number of sulfonamides is 1. The Hall–Kier alpha value is -0.620. The van der Waals surface area contributed by atoms with Gasteiger partial charge in [0.1, 0.15) is 0 Å². The maximum atomic E-state index is 12.6. The smallest absolute Gasteiger partial charge is 0.243 e. The van der Waals surface area contributed by atoms with Gasteiger partial charge >= 0.3 is 0 Å². The summed E-state index contributed by atoms with van der Waals surface area (Å²) in [6.07, 6.45) is 1.70. The number of hydrogen-bond donors (Lipinski definition) is 1. The van der Waals surface area contributed by atoms with Gasteiger partial charge in [-0.2, -0.15) is 4.31 Å². The monoisotopic (exact) mass is 318 g/mol. The summed E-state index contributed by atoms with van der Waals surface area (Å²) >= 11 is 0. The highest BCUT2D eigenvalue weighted by Gasteiger charge is 2.31. The largest absolute Gasteiger partial charge is 0.328 e. The quantitative estimate of drug-likeness (QED) is 0.929. The van der Waals surface area contributed by atoms with E-state index in [2.05, 4.69) is 0 Å². The fourth-order valence-corrected chi connectivity index (χ4v) is 4.32. The molecule has 1 aliphatic heterocycles. The average molecular weight is 319 g/mol. The molecule has 1 aliphatic rings. The molecule has 1 atom stereocenters. The predicted molar refractivity (Wildman–Crippen MR) is 83.6 cm³/mol. The van der Waals surface area contributed by atoms with Crippen LogP contribution in [0.1, 0.15) is 25.3 Å². The van der Waals surface area contributed by atoms with Crippen LogP contribution in [0.3, 0.4) is 0 Å². The number of rotatable bonds is 3. The lowest BCUT2D eigenvalue weighted by Gasteiger charge is -2.33. The molecule has 0 amide bonds. The molecule has 2 rings (SSSR count). The number of hydrogen-bond acceptors (Lipinski definition) is 3. The average Bonchev–Trinajstić information content (AvgIpc) is 2.39. The molecule has 0 bridgehead atoms. The summed E-state index contributed by atoms with van der Waals surface area (Å²) < 4.78 is 26.7. The summed E-state index contributed by atoms with van der Waals surface area (Å²) in [5.74, 6) is 0.434. The van der Waals surface area contributed by atoms with Crippen molar-refractivity contribution in [3.63, 3.8) is 0 Å². The molecule has 2 N–H and O–H groups in total. The summed E-state index contributed by atoms with van der Waals surface area (Å²) in [7, 11) is -3.35. The topological polar surface area (TPSA) is 63.4 Å². The highest BCUT2D eigenvalue weighted by atomic mass is 35.5. The van der Waals surface area contributed by atoms with Crippen molar-refractivity contribution in [3.05, 3.63) is 29.8 Å². The van der Waals surface area contributed by atoms with E-state index in [1.165, 1.54) is 0 Å². The van der Waals surface area contributed by atoms with Gasteiger partial charge < -0.3 is 5.73 Å². The molecule has 4 nitrogen and oxygen atoms in total. The van der Waals surface area contributed by atoms with Gasteiger partial charge in [0.25, 0.3) is 0 Å². The zero-order chi connectivity index (χ0) is 14.0. The first-order chi connectivity index (χ1) is 8.93. The van der Waals surface area contributed by atoms with Crippen LogP contribution in [0.2, 0.25) is 0 Å². The van der Waals surface area contributed by atoms with E-state index < -0.39 is 10.0 Å². The Morgan fingerprint density at radius 2 is 1.80 bits per heavy atom. The second-order valence-corrected chi connectivity index (χ2v) is 7.27. The van der Waals surface area contributed by atoms with Gasteiger partial charge in [-0.1, -0.05) is 18.2 Å². The van der Waals surface area contributed by atoms with Gasteiger partial charge in [-0.3, -0.25) is 0 Å². The standard InChI is InChI=1S/C14H22N2O2S.ClH/c1-11-5-3-4-6-14(11)19(17,18)16-9-7-13(8-10-16)12(2)15;/h3-6,12-13H,7-10,15H2,1-2H3;1H. The number of halogens is 1. The van der Waals surface area contributed by atoms with Crippen LogP contribution in [0.15, 0.2) is 29.2 Å². The SMILES string of the molecule is Cc1ccccc1S(=O)(=O)N1CCC(C(C)N)CC1.Cl. The van der Waals surface area contributed by atoms with Gasteiger partial charge in [0.15, 0.2) is 0 Å². The van der Waals surface area contributed by atoms with Gasteiger partial charge in [-0.05, 0) is 44.2 Å². The van der Waals surface area contributed by atoms with Crippen LogP contribution in [0.5, 0.6) is 0 Å². The minimum atomic E-state index is -3.35. The first-order valence-corrected chi connectivity index (χ1v) is 8.18. The lowest BCUT2D eigenvalue weighted by Crippen LogP contribution is -2.42. The van der Waals surface area contributed by atoms with E-state index in [1.54, 1.807) is 16.4 Å².